The lowest BCUT2D eigenvalue weighted by atomic mass is 9.95. The SMILES string of the molecule is COC(=O)[C@@H]1CC[C@H](COC(c2ccccc2)c2ccccc2)NC1. The van der Waals surface area contributed by atoms with E-state index in [4.69, 9.17) is 9.47 Å². The van der Waals surface area contributed by atoms with Crippen LogP contribution in [0.15, 0.2) is 60.7 Å². The van der Waals surface area contributed by atoms with Crippen LogP contribution in [0.3, 0.4) is 0 Å². The largest absolute Gasteiger partial charge is 0.469 e. The fraction of sp³-hybridized carbons (Fsp3) is 0.381. The van der Waals surface area contributed by atoms with Crippen LogP contribution in [0, 0.1) is 5.92 Å². The molecule has 0 spiro atoms. The minimum Gasteiger partial charge on any atom is -0.469 e. The minimum atomic E-state index is -0.127. The lowest BCUT2D eigenvalue weighted by Crippen LogP contribution is -2.44. The van der Waals surface area contributed by atoms with Crippen LogP contribution < -0.4 is 5.32 Å². The fourth-order valence-electron chi connectivity index (χ4n) is 3.28. The Morgan fingerprint density at radius 1 is 1.04 bits per heavy atom. The predicted molar refractivity (Wildman–Crippen MR) is 97.2 cm³/mol. The molecular weight excluding hydrogens is 314 g/mol. The second-order valence-corrected chi connectivity index (χ2v) is 6.44. The molecule has 1 fully saturated rings. The summed E-state index contributed by atoms with van der Waals surface area (Å²) in [5.74, 6) is -0.168. The molecule has 4 nitrogen and oxygen atoms in total. The maximum absolute atomic E-state index is 11.6. The molecule has 1 heterocycles. The van der Waals surface area contributed by atoms with Gasteiger partial charge in [0, 0.05) is 12.6 Å². The molecule has 132 valence electrons. The summed E-state index contributed by atoms with van der Waals surface area (Å²) in [6, 6.07) is 20.8. The van der Waals surface area contributed by atoms with Crippen LogP contribution in [0.1, 0.15) is 30.1 Å². The topological polar surface area (TPSA) is 47.6 Å². The van der Waals surface area contributed by atoms with Crippen LogP contribution in [0.5, 0.6) is 0 Å². The van der Waals surface area contributed by atoms with E-state index >= 15 is 0 Å². The van der Waals surface area contributed by atoms with E-state index in [0.717, 1.165) is 24.0 Å². The Hall–Kier alpha value is -2.17. The first kappa shape index (κ1) is 17.6. The molecule has 0 bridgehead atoms. The highest BCUT2D eigenvalue weighted by atomic mass is 16.5. The van der Waals surface area contributed by atoms with Crippen molar-refractivity contribution >= 4 is 5.97 Å². The Kier molecular flexibility index (Phi) is 6.20. The molecule has 3 rings (SSSR count). The van der Waals surface area contributed by atoms with Crippen molar-refractivity contribution in [3.63, 3.8) is 0 Å². The molecule has 2 aromatic rings. The first-order chi connectivity index (χ1) is 12.3. The van der Waals surface area contributed by atoms with Gasteiger partial charge in [-0.1, -0.05) is 60.7 Å². The van der Waals surface area contributed by atoms with Gasteiger partial charge in [0.25, 0.3) is 0 Å². The highest BCUT2D eigenvalue weighted by Crippen LogP contribution is 2.27. The molecule has 0 unspecified atom stereocenters. The third kappa shape index (κ3) is 4.68. The summed E-state index contributed by atoms with van der Waals surface area (Å²) in [5.41, 5.74) is 2.30. The van der Waals surface area contributed by atoms with Crippen molar-refractivity contribution in [1.82, 2.24) is 5.32 Å². The van der Waals surface area contributed by atoms with Gasteiger partial charge in [0.15, 0.2) is 0 Å². The van der Waals surface area contributed by atoms with Gasteiger partial charge in [-0.3, -0.25) is 4.79 Å². The maximum Gasteiger partial charge on any atom is 0.309 e. The maximum atomic E-state index is 11.6. The molecule has 1 aliphatic rings. The van der Waals surface area contributed by atoms with Gasteiger partial charge in [-0.15, -0.1) is 0 Å². The van der Waals surface area contributed by atoms with Crippen LogP contribution >= 0.6 is 0 Å². The van der Waals surface area contributed by atoms with Crippen molar-refractivity contribution in [2.45, 2.75) is 25.0 Å². The highest BCUT2D eigenvalue weighted by molar-refractivity contribution is 5.72. The number of nitrogens with one attached hydrogen (secondary N) is 1. The van der Waals surface area contributed by atoms with Gasteiger partial charge in [0.1, 0.15) is 6.10 Å². The van der Waals surface area contributed by atoms with E-state index in [9.17, 15) is 4.79 Å². The zero-order chi connectivity index (χ0) is 17.5. The van der Waals surface area contributed by atoms with Crippen LogP contribution in [0.4, 0.5) is 0 Å². The summed E-state index contributed by atoms with van der Waals surface area (Å²) in [6.07, 6.45) is 1.67. The Morgan fingerprint density at radius 2 is 1.64 bits per heavy atom. The minimum absolute atomic E-state index is 0.0414. The third-order valence-corrected chi connectivity index (χ3v) is 4.72. The number of hydrogen-bond acceptors (Lipinski definition) is 4. The van der Waals surface area contributed by atoms with E-state index in [2.05, 4.69) is 29.6 Å². The Bertz CT molecular complexity index is 612. The molecule has 0 radical (unpaired) electrons. The molecule has 0 saturated carbocycles. The summed E-state index contributed by atoms with van der Waals surface area (Å²) in [4.78, 5) is 11.6. The van der Waals surface area contributed by atoms with E-state index in [0.29, 0.717) is 13.2 Å². The standard InChI is InChI=1S/C21H25NO3/c1-24-21(23)18-12-13-19(22-14-18)15-25-20(16-8-4-2-5-9-16)17-10-6-3-7-11-17/h2-11,18-20,22H,12-15H2,1H3/t18-,19-/m1/s1. The van der Waals surface area contributed by atoms with Crippen molar-refractivity contribution in [1.29, 1.82) is 0 Å². The van der Waals surface area contributed by atoms with E-state index in [-0.39, 0.29) is 24.0 Å². The molecule has 2 aromatic carbocycles. The number of carbonyl (C=O) groups is 1. The van der Waals surface area contributed by atoms with Gasteiger partial charge in [0.05, 0.1) is 19.6 Å². The van der Waals surface area contributed by atoms with Crippen molar-refractivity contribution in [2.24, 2.45) is 5.92 Å². The van der Waals surface area contributed by atoms with Crippen LogP contribution in [-0.2, 0) is 14.3 Å². The lowest BCUT2D eigenvalue weighted by molar-refractivity contribution is -0.146. The first-order valence-electron chi connectivity index (χ1n) is 8.80. The summed E-state index contributed by atoms with van der Waals surface area (Å²) < 4.78 is 11.1. The molecule has 0 aromatic heterocycles. The summed E-state index contributed by atoms with van der Waals surface area (Å²) >= 11 is 0. The molecule has 0 aliphatic carbocycles. The molecule has 1 saturated heterocycles. The number of piperidine rings is 1. The summed E-state index contributed by atoms with van der Waals surface area (Å²) in [6.45, 7) is 1.27. The van der Waals surface area contributed by atoms with E-state index in [1.807, 2.05) is 36.4 Å². The molecular formula is C21H25NO3. The van der Waals surface area contributed by atoms with Gasteiger partial charge in [-0.2, -0.15) is 0 Å². The van der Waals surface area contributed by atoms with Crippen molar-refractivity contribution < 1.29 is 14.3 Å². The Morgan fingerprint density at radius 3 is 2.12 bits per heavy atom. The van der Waals surface area contributed by atoms with Crippen LogP contribution in [-0.4, -0.2) is 32.3 Å². The lowest BCUT2D eigenvalue weighted by Gasteiger charge is -2.30. The quantitative estimate of drug-likeness (QED) is 0.820. The van der Waals surface area contributed by atoms with E-state index in [1.165, 1.54) is 7.11 Å². The average Bonchev–Trinajstić information content (AvgIpc) is 2.70. The second kappa shape index (κ2) is 8.79. The van der Waals surface area contributed by atoms with Crippen molar-refractivity contribution in [3.8, 4) is 0 Å². The zero-order valence-electron chi connectivity index (χ0n) is 14.6. The van der Waals surface area contributed by atoms with Gasteiger partial charge in [-0.25, -0.2) is 0 Å². The monoisotopic (exact) mass is 339 g/mol. The zero-order valence-corrected chi connectivity index (χ0v) is 14.6. The van der Waals surface area contributed by atoms with Crippen LogP contribution in [0.25, 0.3) is 0 Å². The van der Waals surface area contributed by atoms with Gasteiger partial charge in [-0.05, 0) is 24.0 Å². The average molecular weight is 339 g/mol. The van der Waals surface area contributed by atoms with Crippen molar-refractivity contribution in [3.05, 3.63) is 71.8 Å². The van der Waals surface area contributed by atoms with Crippen molar-refractivity contribution in [2.75, 3.05) is 20.3 Å². The van der Waals surface area contributed by atoms with Crippen LogP contribution in [0.2, 0.25) is 0 Å². The number of ether oxygens (including phenoxy) is 2. The first-order valence-corrected chi connectivity index (χ1v) is 8.80. The second-order valence-electron chi connectivity index (χ2n) is 6.44. The summed E-state index contributed by atoms with van der Waals surface area (Å²) in [5, 5.41) is 3.42. The normalized spacial score (nSPS) is 20.4. The molecule has 1 aliphatic heterocycles. The van der Waals surface area contributed by atoms with E-state index < -0.39 is 0 Å². The number of methoxy groups -OCH3 is 1. The third-order valence-electron chi connectivity index (χ3n) is 4.72. The number of hydrogen-bond donors (Lipinski definition) is 1. The van der Waals surface area contributed by atoms with E-state index in [1.54, 1.807) is 0 Å². The van der Waals surface area contributed by atoms with Gasteiger partial charge >= 0.3 is 5.97 Å². The van der Waals surface area contributed by atoms with Gasteiger partial charge < -0.3 is 14.8 Å². The number of benzene rings is 2. The Labute approximate surface area is 149 Å². The number of esters is 1. The molecule has 4 heteroatoms. The number of rotatable bonds is 6. The summed E-state index contributed by atoms with van der Waals surface area (Å²) in [7, 11) is 1.45. The molecule has 2 atom stereocenters. The fourth-order valence-corrected chi connectivity index (χ4v) is 3.28. The molecule has 25 heavy (non-hydrogen) atoms. The predicted octanol–water partition coefficient (Wildman–Crippen LogP) is 3.33. The molecule has 0 amide bonds. The number of carbonyl (C=O) groups excluding carboxylic acids is 1. The molecule has 1 N–H and O–H groups in total. The van der Waals surface area contributed by atoms with Gasteiger partial charge in [0.2, 0.25) is 0 Å². The Balaban J connectivity index is 1.62. The highest BCUT2D eigenvalue weighted by Gasteiger charge is 2.27. The smallest absolute Gasteiger partial charge is 0.309 e.